The molecule has 1 aliphatic rings. The fourth-order valence-electron chi connectivity index (χ4n) is 3.10. The first kappa shape index (κ1) is 14.5. The van der Waals surface area contributed by atoms with Crippen molar-refractivity contribution in [1.82, 2.24) is 4.90 Å². The number of likely N-dealkylation sites (N-methyl/N-ethyl adjacent to an activating group) is 1. The van der Waals surface area contributed by atoms with Crippen LogP contribution in [0.1, 0.15) is 35.1 Å². The molecule has 0 aromatic heterocycles. The first-order chi connectivity index (χ1) is 8.96. The Balaban J connectivity index is 1.92. The molecule has 1 aromatic rings. The molecule has 0 heterocycles. The van der Waals surface area contributed by atoms with Crippen LogP contribution in [0.3, 0.4) is 0 Å². The van der Waals surface area contributed by atoms with Gasteiger partial charge in [0, 0.05) is 25.1 Å². The normalized spacial score (nSPS) is 16.9. The molecule has 0 bridgehead atoms. The van der Waals surface area contributed by atoms with Crippen molar-refractivity contribution in [3.63, 3.8) is 0 Å². The van der Waals surface area contributed by atoms with E-state index in [0.29, 0.717) is 6.61 Å². The fraction of sp³-hybridized carbons (Fsp3) is 0.647. The standard InChI is InChI=1S/C17H27NO/c1-13-9-14(2)16(15(3)10-13)5-8-18(4)11-17(12-19)6-7-17/h9-10,19H,5-8,11-12H2,1-4H3. The Kier molecular flexibility index (Phi) is 4.32. The van der Waals surface area contributed by atoms with Crippen LogP contribution in [0.2, 0.25) is 0 Å². The second kappa shape index (κ2) is 5.64. The number of nitrogens with zero attached hydrogens (tertiary/aromatic N) is 1. The van der Waals surface area contributed by atoms with Gasteiger partial charge in [-0.15, -0.1) is 0 Å². The molecule has 106 valence electrons. The van der Waals surface area contributed by atoms with E-state index in [1.54, 1.807) is 0 Å². The summed E-state index contributed by atoms with van der Waals surface area (Å²) in [6, 6.07) is 4.55. The summed E-state index contributed by atoms with van der Waals surface area (Å²) in [5.41, 5.74) is 5.89. The molecule has 2 nitrogen and oxygen atoms in total. The van der Waals surface area contributed by atoms with Gasteiger partial charge in [-0.25, -0.2) is 0 Å². The predicted octanol–water partition coefficient (Wildman–Crippen LogP) is 2.86. The SMILES string of the molecule is Cc1cc(C)c(CCN(C)CC2(CO)CC2)c(C)c1. The molecule has 1 fully saturated rings. The van der Waals surface area contributed by atoms with Gasteiger partial charge in [0.2, 0.25) is 0 Å². The lowest BCUT2D eigenvalue weighted by Gasteiger charge is -2.23. The summed E-state index contributed by atoms with van der Waals surface area (Å²) in [6.45, 7) is 9.05. The van der Waals surface area contributed by atoms with E-state index in [9.17, 15) is 5.11 Å². The van der Waals surface area contributed by atoms with E-state index in [2.05, 4.69) is 44.9 Å². The molecule has 0 saturated heterocycles. The van der Waals surface area contributed by atoms with Crippen molar-refractivity contribution in [3.05, 3.63) is 34.4 Å². The third-order valence-electron chi connectivity index (χ3n) is 4.48. The molecule has 1 aliphatic carbocycles. The highest BCUT2D eigenvalue weighted by atomic mass is 16.3. The average molecular weight is 261 g/mol. The monoisotopic (exact) mass is 261 g/mol. The van der Waals surface area contributed by atoms with Crippen LogP contribution in [0, 0.1) is 26.2 Å². The van der Waals surface area contributed by atoms with Crippen LogP contribution in [0.25, 0.3) is 0 Å². The number of aliphatic hydroxyl groups is 1. The Bertz CT molecular complexity index is 426. The van der Waals surface area contributed by atoms with Gasteiger partial charge >= 0.3 is 0 Å². The third-order valence-corrected chi connectivity index (χ3v) is 4.48. The Labute approximate surface area is 117 Å². The number of aliphatic hydroxyl groups excluding tert-OH is 1. The summed E-state index contributed by atoms with van der Waals surface area (Å²) in [5, 5.41) is 9.38. The van der Waals surface area contributed by atoms with Crippen molar-refractivity contribution < 1.29 is 5.11 Å². The molecular weight excluding hydrogens is 234 g/mol. The highest BCUT2D eigenvalue weighted by Crippen LogP contribution is 2.45. The molecule has 0 aliphatic heterocycles. The van der Waals surface area contributed by atoms with Gasteiger partial charge in [0.25, 0.3) is 0 Å². The van der Waals surface area contributed by atoms with Gasteiger partial charge in [-0.2, -0.15) is 0 Å². The van der Waals surface area contributed by atoms with Crippen molar-refractivity contribution >= 4 is 0 Å². The van der Waals surface area contributed by atoms with Gasteiger partial charge in [0.15, 0.2) is 0 Å². The summed E-state index contributed by atoms with van der Waals surface area (Å²) >= 11 is 0. The average Bonchev–Trinajstić information content (AvgIpc) is 3.08. The van der Waals surface area contributed by atoms with Crippen LogP contribution in [-0.2, 0) is 6.42 Å². The van der Waals surface area contributed by atoms with E-state index in [0.717, 1.165) is 19.5 Å². The van der Waals surface area contributed by atoms with E-state index in [1.807, 2.05) is 0 Å². The van der Waals surface area contributed by atoms with Crippen LogP contribution in [0.4, 0.5) is 0 Å². The lowest BCUT2D eigenvalue weighted by atomic mass is 9.97. The van der Waals surface area contributed by atoms with Crippen LogP contribution < -0.4 is 0 Å². The molecular formula is C17H27NO. The van der Waals surface area contributed by atoms with Crippen LogP contribution in [0.15, 0.2) is 12.1 Å². The summed E-state index contributed by atoms with van der Waals surface area (Å²) in [4.78, 5) is 2.38. The van der Waals surface area contributed by atoms with E-state index >= 15 is 0 Å². The summed E-state index contributed by atoms with van der Waals surface area (Å²) in [6.07, 6.45) is 3.49. The van der Waals surface area contributed by atoms with Gasteiger partial charge in [0.05, 0.1) is 0 Å². The van der Waals surface area contributed by atoms with Gasteiger partial charge in [-0.05, 0) is 63.8 Å². The van der Waals surface area contributed by atoms with Crippen LogP contribution >= 0.6 is 0 Å². The predicted molar refractivity (Wildman–Crippen MR) is 80.6 cm³/mol. The Morgan fingerprint density at radius 3 is 2.21 bits per heavy atom. The Morgan fingerprint density at radius 2 is 1.74 bits per heavy atom. The minimum atomic E-state index is 0.228. The molecule has 0 amide bonds. The molecule has 19 heavy (non-hydrogen) atoms. The molecule has 0 radical (unpaired) electrons. The molecule has 1 aromatic carbocycles. The highest BCUT2D eigenvalue weighted by Gasteiger charge is 2.42. The zero-order valence-electron chi connectivity index (χ0n) is 12.8. The van der Waals surface area contributed by atoms with E-state index in [-0.39, 0.29) is 5.41 Å². The Hall–Kier alpha value is -0.860. The molecule has 0 unspecified atom stereocenters. The summed E-state index contributed by atoms with van der Waals surface area (Å²) in [7, 11) is 2.18. The lowest BCUT2D eigenvalue weighted by Crippen LogP contribution is -2.30. The van der Waals surface area contributed by atoms with Crippen LogP contribution in [-0.4, -0.2) is 36.8 Å². The highest BCUT2D eigenvalue weighted by molar-refractivity contribution is 5.37. The maximum Gasteiger partial charge on any atom is 0.0499 e. The smallest absolute Gasteiger partial charge is 0.0499 e. The maximum absolute atomic E-state index is 9.38. The molecule has 0 atom stereocenters. The number of aryl methyl sites for hydroxylation is 3. The van der Waals surface area contributed by atoms with Crippen LogP contribution in [0.5, 0.6) is 0 Å². The number of hydrogen-bond donors (Lipinski definition) is 1. The van der Waals surface area contributed by atoms with E-state index < -0.39 is 0 Å². The van der Waals surface area contributed by atoms with Gasteiger partial charge in [0.1, 0.15) is 0 Å². The number of hydrogen-bond acceptors (Lipinski definition) is 2. The van der Waals surface area contributed by atoms with Crippen molar-refractivity contribution in [2.45, 2.75) is 40.0 Å². The zero-order chi connectivity index (χ0) is 14.0. The van der Waals surface area contributed by atoms with Crippen molar-refractivity contribution in [2.24, 2.45) is 5.41 Å². The van der Waals surface area contributed by atoms with E-state index in [1.165, 1.54) is 35.1 Å². The van der Waals surface area contributed by atoms with Gasteiger partial charge in [-0.3, -0.25) is 0 Å². The molecule has 1 saturated carbocycles. The summed E-state index contributed by atoms with van der Waals surface area (Å²) < 4.78 is 0. The minimum Gasteiger partial charge on any atom is -0.396 e. The number of benzene rings is 1. The second-order valence-electron chi connectivity index (χ2n) is 6.52. The van der Waals surface area contributed by atoms with Gasteiger partial charge < -0.3 is 10.0 Å². The zero-order valence-corrected chi connectivity index (χ0v) is 12.8. The summed E-state index contributed by atoms with van der Waals surface area (Å²) in [5.74, 6) is 0. The molecule has 2 rings (SSSR count). The van der Waals surface area contributed by atoms with E-state index in [4.69, 9.17) is 0 Å². The number of rotatable bonds is 6. The molecule has 2 heteroatoms. The topological polar surface area (TPSA) is 23.5 Å². The second-order valence-corrected chi connectivity index (χ2v) is 6.52. The lowest BCUT2D eigenvalue weighted by molar-refractivity contribution is 0.165. The largest absolute Gasteiger partial charge is 0.396 e. The first-order valence-corrected chi connectivity index (χ1v) is 7.32. The molecule has 1 N–H and O–H groups in total. The first-order valence-electron chi connectivity index (χ1n) is 7.32. The quantitative estimate of drug-likeness (QED) is 0.851. The minimum absolute atomic E-state index is 0.228. The third kappa shape index (κ3) is 3.58. The maximum atomic E-state index is 9.38. The fourth-order valence-corrected chi connectivity index (χ4v) is 3.10. The van der Waals surface area contributed by atoms with Crippen molar-refractivity contribution in [1.29, 1.82) is 0 Å². The van der Waals surface area contributed by atoms with Crippen molar-refractivity contribution in [3.8, 4) is 0 Å². The Morgan fingerprint density at radius 1 is 1.16 bits per heavy atom. The molecule has 0 spiro atoms. The van der Waals surface area contributed by atoms with Gasteiger partial charge in [-0.1, -0.05) is 17.7 Å². The van der Waals surface area contributed by atoms with Crippen molar-refractivity contribution in [2.75, 3.05) is 26.7 Å².